The second kappa shape index (κ2) is 8.53. The van der Waals surface area contributed by atoms with Gasteiger partial charge in [0.25, 0.3) is 0 Å². The molecule has 1 aliphatic rings. The van der Waals surface area contributed by atoms with E-state index >= 15 is 0 Å². The molecule has 1 N–H and O–H groups in total. The molecule has 0 bridgehead atoms. The number of rotatable bonds is 6. The zero-order chi connectivity index (χ0) is 19.3. The third kappa shape index (κ3) is 4.07. The molecule has 0 spiro atoms. The number of benzene rings is 1. The summed E-state index contributed by atoms with van der Waals surface area (Å²) < 4.78 is 5.33. The Hall–Kier alpha value is -2.71. The summed E-state index contributed by atoms with van der Waals surface area (Å²) in [5.41, 5.74) is 0.978. The molecule has 1 amide bonds. The van der Waals surface area contributed by atoms with Crippen molar-refractivity contribution in [3.8, 4) is 5.75 Å². The number of hydrogen-bond acceptors (Lipinski definition) is 7. The Balaban J connectivity index is 1.28. The minimum Gasteiger partial charge on any atom is -0.496 e. The summed E-state index contributed by atoms with van der Waals surface area (Å²) in [6.07, 6.45) is 1.63. The minimum absolute atomic E-state index is 0.0293. The number of aromatic nitrogens is 2. The standard InChI is InChI=1S/C20H23N5O2S/c1-27-17-5-3-2-4-15(17)12-21-18(26)13-24-7-9-25(10-8-24)19-16-6-11-28-20(16)23-14-22-19/h2-6,11,14H,7-10,12-13H2,1H3,(H,21,26). The van der Waals surface area contributed by atoms with Gasteiger partial charge in [-0.3, -0.25) is 9.69 Å². The van der Waals surface area contributed by atoms with Crippen LogP contribution in [0.4, 0.5) is 5.82 Å². The van der Waals surface area contributed by atoms with Gasteiger partial charge in [0, 0.05) is 38.3 Å². The van der Waals surface area contributed by atoms with Crippen molar-refractivity contribution in [2.45, 2.75) is 6.54 Å². The number of hydrogen-bond donors (Lipinski definition) is 1. The van der Waals surface area contributed by atoms with Gasteiger partial charge in [0.2, 0.25) is 5.91 Å². The predicted octanol–water partition coefficient (Wildman–Crippen LogP) is 2.14. The molecule has 3 aromatic rings. The zero-order valence-corrected chi connectivity index (χ0v) is 16.6. The highest BCUT2D eigenvalue weighted by atomic mass is 32.1. The average Bonchev–Trinajstić information content (AvgIpc) is 3.22. The molecule has 4 rings (SSSR count). The fraction of sp³-hybridized carbons (Fsp3) is 0.350. The number of fused-ring (bicyclic) bond motifs is 1. The SMILES string of the molecule is COc1ccccc1CNC(=O)CN1CCN(c2ncnc3sccc23)CC1. The Morgan fingerprint density at radius 2 is 2.00 bits per heavy atom. The molecular formula is C20H23N5O2S. The number of para-hydroxylation sites is 1. The Morgan fingerprint density at radius 3 is 2.82 bits per heavy atom. The van der Waals surface area contributed by atoms with E-state index in [0.29, 0.717) is 13.1 Å². The van der Waals surface area contributed by atoms with E-state index in [9.17, 15) is 4.79 Å². The maximum atomic E-state index is 12.3. The monoisotopic (exact) mass is 397 g/mol. The van der Waals surface area contributed by atoms with E-state index in [1.54, 1.807) is 24.8 Å². The number of nitrogens with zero attached hydrogens (tertiary/aromatic N) is 4. The molecule has 0 aliphatic carbocycles. The first-order valence-corrected chi connectivity index (χ1v) is 10.2. The number of carbonyl (C=O) groups excluding carboxylic acids is 1. The van der Waals surface area contributed by atoms with E-state index in [0.717, 1.165) is 53.5 Å². The highest BCUT2D eigenvalue weighted by molar-refractivity contribution is 7.16. The molecule has 1 saturated heterocycles. The number of amides is 1. The van der Waals surface area contributed by atoms with E-state index in [1.807, 2.05) is 29.6 Å². The number of anilines is 1. The van der Waals surface area contributed by atoms with E-state index in [1.165, 1.54) is 0 Å². The summed E-state index contributed by atoms with van der Waals surface area (Å²) >= 11 is 1.63. The molecule has 1 fully saturated rings. The second-order valence-corrected chi connectivity index (χ2v) is 7.58. The van der Waals surface area contributed by atoms with Crippen LogP contribution in [0.15, 0.2) is 42.0 Å². The molecule has 7 nitrogen and oxygen atoms in total. The summed E-state index contributed by atoms with van der Waals surface area (Å²) in [5, 5.41) is 6.14. The van der Waals surface area contributed by atoms with Crippen molar-refractivity contribution in [3.63, 3.8) is 0 Å². The van der Waals surface area contributed by atoms with Crippen molar-refractivity contribution in [1.29, 1.82) is 0 Å². The molecule has 1 aromatic carbocycles. The van der Waals surface area contributed by atoms with Crippen LogP contribution >= 0.6 is 11.3 Å². The predicted molar refractivity (Wildman–Crippen MR) is 111 cm³/mol. The van der Waals surface area contributed by atoms with Gasteiger partial charge in [-0.1, -0.05) is 18.2 Å². The van der Waals surface area contributed by atoms with Crippen LogP contribution in [0, 0.1) is 0 Å². The Labute approximate surface area is 168 Å². The lowest BCUT2D eigenvalue weighted by molar-refractivity contribution is -0.122. The molecule has 146 valence electrons. The average molecular weight is 398 g/mol. The number of piperazine rings is 1. The molecular weight excluding hydrogens is 374 g/mol. The van der Waals surface area contributed by atoms with Crippen molar-refractivity contribution in [2.75, 3.05) is 44.7 Å². The van der Waals surface area contributed by atoms with Crippen LogP contribution in [-0.4, -0.2) is 60.6 Å². The lowest BCUT2D eigenvalue weighted by Crippen LogP contribution is -2.49. The van der Waals surface area contributed by atoms with Gasteiger partial charge in [-0.15, -0.1) is 11.3 Å². The summed E-state index contributed by atoms with van der Waals surface area (Å²) in [6, 6.07) is 9.81. The summed E-state index contributed by atoms with van der Waals surface area (Å²) in [4.78, 5) is 26.6. The highest BCUT2D eigenvalue weighted by Crippen LogP contribution is 2.27. The maximum absolute atomic E-state index is 12.3. The Kier molecular flexibility index (Phi) is 5.68. The van der Waals surface area contributed by atoms with Gasteiger partial charge in [0.05, 0.1) is 19.0 Å². The number of thiophene rings is 1. The highest BCUT2D eigenvalue weighted by Gasteiger charge is 2.21. The molecule has 8 heteroatoms. The number of ether oxygens (including phenoxy) is 1. The molecule has 0 saturated carbocycles. The fourth-order valence-electron chi connectivity index (χ4n) is 3.45. The van der Waals surface area contributed by atoms with Crippen molar-refractivity contribution < 1.29 is 9.53 Å². The van der Waals surface area contributed by atoms with E-state index < -0.39 is 0 Å². The van der Waals surface area contributed by atoms with Gasteiger partial charge in [-0.25, -0.2) is 9.97 Å². The number of carbonyl (C=O) groups is 1. The molecule has 2 aromatic heterocycles. The van der Waals surface area contributed by atoms with Crippen molar-refractivity contribution in [1.82, 2.24) is 20.2 Å². The van der Waals surface area contributed by atoms with Crippen molar-refractivity contribution >= 4 is 33.3 Å². The van der Waals surface area contributed by atoms with Crippen molar-refractivity contribution in [2.24, 2.45) is 0 Å². The zero-order valence-electron chi connectivity index (χ0n) is 15.8. The minimum atomic E-state index is 0.0293. The molecule has 3 heterocycles. The van der Waals surface area contributed by atoms with Gasteiger partial charge in [-0.2, -0.15) is 0 Å². The van der Waals surface area contributed by atoms with Crippen LogP contribution in [-0.2, 0) is 11.3 Å². The summed E-state index contributed by atoms with van der Waals surface area (Å²) in [5.74, 6) is 1.81. The van der Waals surface area contributed by atoms with Gasteiger partial charge in [0.15, 0.2) is 0 Å². The third-order valence-electron chi connectivity index (χ3n) is 4.95. The molecule has 0 unspecified atom stereocenters. The summed E-state index contributed by atoms with van der Waals surface area (Å²) in [7, 11) is 1.64. The van der Waals surface area contributed by atoms with Crippen LogP contribution in [0.2, 0.25) is 0 Å². The van der Waals surface area contributed by atoms with E-state index in [-0.39, 0.29) is 5.91 Å². The lowest BCUT2D eigenvalue weighted by Gasteiger charge is -2.35. The Bertz CT molecular complexity index is 952. The van der Waals surface area contributed by atoms with Crippen LogP contribution < -0.4 is 15.0 Å². The first-order chi connectivity index (χ1) is 13.7. The molecule has 28 heavy (non-hydrogen) atoms. The van der Waals surface area contributed by atoms with Crippen LogP contribution in [0.3, 0.4) is 0 Å². The maximum Gasteiger partial charge on any atom is 0.234 e. The topological polar surface area (TPSA) is 70.6 Å². The second-order valence-electron chi connectivity index (χ2n) is 6.69. The first kappa shape index (κ1) is 18.6. The third-order valence-corrected chi connectivity index (χ3v) is 5.77. The number of nitrogens with one attached hydrogen (secondary N) is 1. The molecule has 0 radical (unpaired) electrons. The fourth-order valence-corrected chi connectivity index (χ4v) is 4.18. The first-order valence-electron chi connectivity index (χ1n) is 9.28. The quantitative estimate of drug-likeness (QED) is 0.687. The largest absolute Gasteiger partial charge is 0.496 e. The Morgan fingerprint density at radius 1 is 1.18 bits per heavy atom. The van der Waals surface area contributed by atoms with E-state index in [2.05, 4.69) is 31.2 Å². The van der Waals surface area contributed by atoms with Crippen LogP contribution in [0.1, 0.15) is 5.56 Å². The van der Waals surface area contributed by atoms with Crippen LogP contribution in [0.5, 0.6) is 5.75 Å². The van der Waals surface area contributed by atoms with Gasteiger partial charge in [0.1, 0.15) is 22.7 Å². The summed E-state index contributed by atoms with van der Waals surface area (Å²) in [6.45, 7) is 4.24. The smallest absolute Gasteiger partial charge is 0.234 e. The van der Waals surface area contributed by atoms with Crippen molar-refractivity contribution in [3.05, 3.63) is 47.6 Å². The van der Waals surface area contributed by atoms with Gasteiger partial charge >= 0.3 is 0 Å². The van der Waals surface area contributed by atoms with E-state index in [4.69, 9.17) is 4.74 Å². The van der Waals surface area contributed by atoms with Gasteiger partial charge < -0.3 is 15.0 Å². The molecule has 1 aliphatic heterocycles. The normalized spacial score (nSPS) is 15.0. The molecule has 0 atom stereocenters. The lowest BCUT2D eigenvalue weighted by atomic mass is 10.2. The number of methoxy groups -OCH3 is 1. The van der Waals surface area contributed by atoms with Crippen LogP contribution in [0.25, 0.3) is 10.2 Å². The van der Waals surface area contributed by atoms with Gasteiger partial charge in [-0.05, 0) is 17.5 Å².